The van der Waals surface area contributed by atoms with Gasteiger partial charge in [-0.25, -0.2) is 0 Å². The molecule has 0 fully saturated rings. The van der Waals surface area contributed by atoms with Gasteiger partial charge in [-0.15, -0.1) is 0 Å². The lowest BCUT2D eigenvalue weighted by atomic mass is 10.1. The van der Waals surface area contributed by atoms with Crippen LogP contribution < -0.4 is 0 Å². The Balaban J connectivity index is 1.89. The minimum absolute atomic E-state index is 0.181. The van der Waals surface area contributed by atoms with E-state index in [0.29, 0.717) is 0 Å². The molecule has 2 aromatic carbocycles. The van der Waals surface area contributed by atoms with Crippen molar-refractivity contribution in [3.05, 3.63) is 71.3 Å². The predicted octanol–water partition coefficient (Wildman–Crippen LogP) is 3.47. The van der Waals surface area contributed by atoms with Crippen molar-refractivity contribution in [3.8, 4) is 0 Å². The van der Waals surface area contributed by atoms with Gasteiger partial charge in [0.25, 0.3) is 10.1 Å². The smallest absolute Gasteiger partial charge is 0.254 e. The summed E-state index contributed by atoms with van der Waals surface area (Å²) in [5.41, 5.74) is 2.88. The van der Waals surface area contributed by atoms with Crippen molar-refractivity contribution in [1.82, 2.24) is 0 Å². The van der Waals surface area contributed by atoms with Crippen LogP contribution in [0.1, 0.15) is 22.8 Å². The highest BCUT2D eigenvalue weighted by Crippen LogP contribution is 2.33. The molecule has 3 rings (SSSR count). The molecule has 0 spiro atoms. The van der Waals surface area contributed by atoms with E-state index in [0.717, 1.165) is 16.7 Å². The zero-order chi connectivity index (χ0) is 14.2. The lowest BCUT2D eigenvalue weighted by Gasteiger charge is -2.12. The molecule has 0 radical (unpaired) electrons. The van der Waals surface area contributed by atoms with E-state index in [2.05, 4.69) is 0 Å². The van der Waals surface area contributed by atoms with Crippen molar-refractivity contribution in [3.63, 3.8) is 0 Å². The Labute approximate surface area is 118 Å². The van der Waals surface area contributed by atoms with Crippen LogP contribution in [0.3, 0.4) is 0 Å². The average molecular weight is 286 g/mol. The molecule has 3 nitrogen and oxygen atoms in total. The Kier molecular flexibility index (Phi) is 3.20. The zero-order valence-corrected chi connectivity index (χ0v) is 11.8. The predicted molar refractivity (Wildman–Crippen MR) is 77.7 cm³/mol. The van der Waals surface area contributed by atoms with E-state index in [1.54, 1.807) is 30.3 Å². The van der Waals surface area contributed by atoms with Gasteiger partial charge in [0, 0.05) is 0 Å². The molecule has 102 valence electrons. The molecular formula is C16H14O3S. The number of hydrogen-bond acceptors (Lipinski definition) is 3. The van der Waals surface area contributed by atoms with Crippen molar-refractivity contribution in [2.24, 2.45) is 0 Å². The van der Waals surface area contributed by atoms with E-state index in [-0.39, 0.29) is 4.90 Å². The number of fused-ring (bicyclic) bond motifs is 1. The van der Waals surface area contributed by atoms with E-state index < -0.39 is 16.2 Å². The Bertz CT molecular complexity index is 759. The normalized spacial score (nSPS) is 17.1. The zero-order valence-electron chi connectivity index (χ0n) is 11.0. The number of aryl methyl sites for hydroxylation is 1. The van der Waals surface area contributed by atoms with Crippen molar-refractivity contribution in [2.75, 3.05) is 0 Å². The van der Waals surface area contributed by atoms with Crippen LogP contribution in [-0.4, -0.2) is 8.42 Å². The second-order valence-corrected chi connectivity index (χ2v) is 6.34. The molecule has 0 saturated heterocycles. The Morgan fingerprint density at radius 2 is 1.70 bits per heavy atom. The minimum Gasteiger partial charge on any atom is -0.254 e. The maximum Gasteiger partial charge on any atom is 0.297 e. The van der Waals surface area contributed by atoms with Crippen LogP contribution in [0, 0.1) is 6.92 Å². The fourth-order valence-corrected chi connectivity index (χ4v) is 3.22. The van der Waals surface area contributed by atoms with Crippen LogP contribution in [0.4, 0.5) is 0 Å². The summed E-state index contributed by atoms with van der Waals surface area (Å²) in [4.78, 5) is 0.181. The van der Waals surface area contributed by atoms with Crippen molar-refractivity contribution < 1.29 is 12.6 Å². The molecular weight excluding hydrogens is 272 g/mol. The van der Waals surface area contributed by atoms with Gasteiger partial charge in [0.05, 0.1) is 4.90 Å². The summed E-state index contributed by atoms with van der Waals surface area (Å²) < 4.78 is 29.8. The molecule has 0 heterocycles. The first-order chi connectivity index (χ1) is 9.56. The first kappa shape index (κ1) is 13.1. The quantitative estimate of drug-likeness (QED) is 0.811. The maximum absolute atomic E-state index is 12.3. The van der Waals surface area contributed by atoms with Crippen molar-refractivity contribution in [1.29, 1.82) is 0 Å². The lowest BCUT2D eigenvalue weighted by molar-refractivity contribution is 0.264. The van der Waals surface area contributed by atoms with E-state index in [1.165, 1.54) is 0 Å². The molecule has 0 saturated carbocycles. The van der Waals surface area contributed by atoms with Crippen molar-refractivity contribution in [2.45, 2.75) is 17.9 Å². The minimum atomic E-state index is -3.75. The van der Waals surface area contributed by atoms with Gasteiger partial charge in [0.15, 0.2) is 0 Å². The van der Waals surface area contributed by atoms with Crippen LogP contribution in [0.2, 0.25) is 0 Å². The summed E-state index contributed by atoms with van der Waals surface area (Å²) in [7, 11) is -3.75. The summed E-state index contributed by atoms with van der Waals surface area (Å²) in [5, 5.41) is 0. The monoisotopic (exact) mass is 286 g/mol. The highest BCUT2D eigenvalue weighted by Gasteiger charge is 2.25. The van der Waals surface area contributed by atoms with Crippen molar-refractivity contribution >= 4 is 16.2 Å². The Morgan fingerprint density at radius 1 is 1.00 bits per heavy atom. The summed E-state index contributed by atoms with van der Waals surface area (Å²) >= 11 is 0. The standard InChI is InChI=1S/C16H14O3S/c1-12-6-9-14(10-7-12)20(17,18)19-16-11-8-13-4-2-3-5-15(13)16/h2-11,16H,1H3. The summed E-state index contributed by atoms with van der Waals surface area (Å²) in [6.07, 6.45) is 3.10. The van der Waals surface area contributed by atoms with Gasteiger partial charge in [0.2, 0.25) is 0 Å². The van der Waals surface area contributed by atoms with Gasteiger partial charge in [-0.2, -0.15) is 8.42 Å². The summed E-state index contributed by atoms with van der Waals surface area (Å²) in [6, 6.07) is 14.3. The molecule has 1 aliphatic carbocycles. The lowest BCUT2D eigenvalue weighted by Crippen LogP contribution is -2.10. The third-order valence-corrected chi connectivity index (χ3v) is 4.60. The highest BCUT2D eigenvalue weighted by molar-refractivity contribution is 7.86. The van der Waals surface area contributed by atoms with Crippen LogP contribution in [-0.2, 0) is 14.3 Å². The molecule has 0 bridgehead atoms. The average Bonchev–Trinajstić information content (AvgIpc) is 2.82. The first-order valence-corrected chi connectivity index (χ1v) is 7.74. The third kappa shape index (κ3) is 2.40. The second-order valence-electron chi connectivity index (χ2n) is 4.77. The molecule has 0 N–H and O–H groups in total. The van der Waals surface area contributed by atoms with E-state index >= 15 is 0 Å². The van der Waals surface area contributed by atoms with E-state index in [1.807, 2.05) is 37.3 Å². The number of benzene rings is 2. The highest BCUT2D eigenvalue weighted by atomic mass is 32.2. The van der Waals surface area contributed by atoms with Gasteiger partial charge >= 0.3 is 0 Å². The number of rotatable bonds is 3. The van der Waals surface area contributed by atoms with Gasteiger partial charge in [-0.3, -0.25) is 4.18 Å². The van der Waals surface area contributed by atoms with E-state index in [9.17, 15) is 8.42 Å². The molecule has 0 amide bonds. The maximum atomic E-state index is 12.3. The number of hydrogen-bond donors (Lipinski definition) is 0. The fourth-order valence-electron chi connectivity index (χ4n) is 2.20. The first-order valence-electron chi connectivity index (χ1n) is 6.33. The topological polar surface area (TPSA) is 43.4 Å². The molecule has 2 aromatic rings. The largest absolute Gasteiger partial charge is 0.297 e. The molecule has 1 atom stereocenters. The van der Waals surface area contributed by atoms with E-state index in [4.69, 9.17) is 4.18 Å². The molecule has 0 aliphatic heterocycles. The summed E-state index contributed by atoms with van der Waals surface area (Å²) in [5.74, 6) is 0. The van der Waals surface area contributed by atoms with Crippen LogP contribution in [0.25, 0.3) is 6.08 Å². The molecule has 4 heteroatoms. The SMILES string of the molecule is Cc1ccc(S(=O)(=O)OC2C=Cc3ccccc32)cc1. The van der Waals surface area contributed by atoms with Gasteiger partial charge in [0.1, 0.15) is 6.10 Å². The van der Waals surface area contributed by atoms with Gasteiger partial charge in [-0.1, -0.05) is 48.0 Å². The molecule has 20 heavy (non-hydrogen) atoms. The van der Waals surface area contributed by atoms with Gasteiger partial charge < -0.3 is 0 Å². The van der Waals surface area contributed by atoms with Gasteiger partial charge in [-0.05, 0) is 36.3 Å². The second kappa shape index (κ2) is 4.89. The molecule has 1 aliphatic rings. The Morgan fingerprint density at radius 3 is 2.45 bits per heavy atom. The fraction of sp³-hybridized carbons (Fsp3) is 0.125. The van der Waals surface area contributed by atoms with Crippen LogP contribution >= 0.6 is 0 Å². The molecule has 0 aromatic heterocycles. The van der Waals surface area contributed by atoms with Crippen LogP contribution in [0.5, 0.6) is 0 Å². The third-order valence-electron chi connectivity index (χ3n) is 3.29. The Hall–Kier alpha value is -1.91. The van der Waals surface area contributed by atoms with Crippen LogP contribution in [0.15, 0.2) is 59.5 Å². The molecule has 1 unspecified atom stereocenters. The summed E-state index contributed by atoms with van der Waals surface area (Å²) in [6.45, 7) is 1.91.